The molecule has 0 N–H and O–H groups in total. The van der Waals surface area contributed by atoms with Crippen molar-refractivity contribution in [1.82, 2.24) is 19.8 Å². The van der Waals surface area contributed by atoms with Crippen LogP contribution < -0.4 is 14.4 Å². The van der Waals surface area contributed by atoms with E-state index in [1.165, 1.54) is 11.8 Å². The van der Waals surface area contributed by atoms with Crippen LogP contribution in [-0.2, 0) is 16.0 Å². The molecule has 1 saturated carbocycles. The molecule has 2 amide bonds. The Hall–Kier alpha value is -2.72. The number of anilines is 1. The number of aromatic nitrogens is 2. The lowest BCUT2D eigenvalue weighted by atomic mass is 10.1. The standard InChI is InChI=1S/C27H36ClN5O4S/c1-31(11-10-19-8-9-21(36-2)22(16-19)37-3)25(34)18-38-27-29-23(28)17-24(30-27)32-12-14-33(15-13-32)26(35)20-6-4-5-7-20/h8-9,16-17,20H,4-7,10-15,18H2,1-3H3. The highest BCUT2D eigenvalue weighted by molar-refractivity contribution is 7.99. The van der Waals surface area contributed by atoms with Gasteiger partial charge in [0, 0.05) is 51.8 Å². The Morgan fingerprint density at radius 3 is 2.45 bits per heavy atom. The predicted octanol–water partition coefficient (Wildman–Crippen LogP) is 3.78. The number of carbonyl (C=O) groups is 2. The number of thioether (sulfide) groups is 1. The molecule has 4 rings (SSSR count). The molecule has 206 valence electrons. The molecule has 0 spiro atoms. The average Bonchev–Trinajstić information content (AvgIpc) is 3.49. The van der Waals surface area contributed by atoms with Crippen LogP contribution in [0, 0.1) is 5.92 Å². The second kappa shape index (κ2) is 13.4. The van der Waals surface area contributed by atoms with Crippen LogP contribution in [-0.4, -0.2) is 91.3 Å². The number of hydrogen-bond donors (Lipinski definition) is 0. The SMILES string of the molecule is COc1ccc(CCN(C)C(=O)CSc2nc(Cl)cc(N3CCN(C(=O)C4CCCC4)CC3)n2)cc1OC. The van der Waals surface area contributed by atoms with Crippen LogP contribution in [0.2, 0.25) is 5.15 Å². The van der Waals surface area contributed by atoms with Gasteiger partial charge in [-0.25, -0.2) is 9.97 Å². The zero-order chi connectivity index (χ0) is 27.1. The fraction of sp³-hybridized carbons (Fsp3) is 0.556. The zero-order valence-electron chi connectivity index (χ0n) is 22.3. The van der Waals surface area contributed by atoms with Crippen LogP contribution >= 0.6 is 23.4 Å². The van der Waals surface area contributed by atoms with Crippen molar-refractivity contribution < 1.29 is 19.1 Å². The van der Waals surface area contributed by atoms with Gasteiger partial charge in [0.15, 0.2) is 16.7 Å². The van der Waals surface area contributed by atoms with E-state index in [-0.39, 0.29) is 17.6 Å². The molecule has 1 aliphatic carbocycles. The van der Waals surface area contributed by atoms with Crippen molar-refractivity contribution in [2.75, 3.05) is 64.6 Å². The zero-order valence-corrected chi connectivity index (χ0v) is 23.9. The lowest BCUT2D eigenvalue weighted by molar-refractivity contribution is -0.135. The van der Waals surface area contributed by atoms with Crippen molar-refractivity contribution in [3.05, 3.63) is 35.0 Å². The Kier molecular flexibility index (Phi) is 9.96. The van der Waals surface area contributed by atoms with Gasteiger partial charge >= 0.3 is 0 Å². The summed E-state index contributed by atoms with van der Waals surface area (Å²) in [6.07, 6.45) is 5.05. The van der Waals surface area contributed by atoms with Crippen LogP contribution in [0.4, 0.5) is 5.82 Å². The van der Waals surface area contributed by atoms with E-state index in [1.807, 2.05) is 23.1 Å². The monoisotopic (exact) mass is 561 g/mol. The molecule has 0 radical (unpaired) electrons. The molecule has 11 heteroatoms. The van der Waals surface area contributed by atoms with Crippen LogP contribution in [0.15, 0.2) is 29.4 Å². The van der Waals surface area contributed by atoms with Crippen LogP contribution in [0.25, 0.3) is 0 Å². The van der Waals surface area contributed by atoms with Gasteiger partial charge < -0.3 is 24.2 Å². The van der Waals surface area contributed by atoms with E-state index in [9.17, 15) is 9.59 Å². The fourth-order valence-corrected chi connectivity index (χ4v) is 5.91. The van der Waals surface area contributed by atoms with Gasteiger partial charge in [0.05, 0.1) is 20.0 Å². The summed E-state index contributed by atoms with van der Waals surface area (Å²) in [5, 5.41) is 0.815. The van der Waals surface area contributed by atoms with Gasteiger partial charge in [-0.15, -0.1) is 0 Å². The topological polar surface area (TPSA) is 88.1 Å². The van der Waals surface area contributed by atoms with Crippen molar-refractivity contribution in [2.45, 2.75) is 37.3 Å². The van der Waals surface area contributed by atoms with Gasteiger partial charge in [0.2, 0.25) is 11.8 Å². The van der Waals surface area contributed by atoms with Crippen molar-refractivity contribution in [1.29, 1.82) is 0 Å². The van der Waals surface area contributed by atoms with E-state index in [0.717, 1.165) is 37.1 Å². The van der Waals surface area contributed by atoms with E-state index in [2.05, 4.69) is 14.9 Å². The Bertz CT molecular complexity index is 1120. The van der Waals surface area contributed by atoms with Crippen molar-refractivity contribution in [3.8, 4) is 11.5 Å². The van der Waals surface area contributed by atoms with E-state index in [4.69, 9.17) is 21.1 Å². The summed E-state index contributed by atoms with van der Waals surface area (Å²) in [5.41, 5.74) is 1.06. The quantitative estimate of drug-likeness (QED) is 0.246. The first-order valence-electron chi connectivity index (χ1n) is 13.0. The molecule has 2 aromatic rings. The number of nitrogens with zero attached hydrogens (tertiary/aromatic N) is 5. The number of ether oxygens (including phenoxy) is 2. The lowest BCUT2D eigenvalue weighted by Crippen LogP contribution is -2.50. The number of hydrogen-bond acceptors (Lipinski definition) is 8. The van der Waals surface area contributed by atoms with E-state index >= 15 is 0 Å². The van der Waals surface area contributed by atoms with Gasteiger partial charge in [0.1, 0.15) is 11.0 Å². The first-order chi connectivity index (χ1) is 18.4. The minimum atomic E-state index is -0.0142. The van der Waals surface area contributed by atoms with E-state index in [0.29, 0.717) is 66.9 Å². The summed E-state index contributed by atoms with van der Waals surface area (Å²) >= 11 is 7.58. The van der Waals surface area contributed by atoms with Gasteiger partial charge in [-0.3, -0.25) is 9.59 Å². The second-order valence-corrected chi connectivity index (χ2v) is 11.0. The van der Waals surface area contributed by atoms with Crippen LogP contribution in [0.5, 0.6) is 11.5 Å². The summed E-state index contributed by atoms with van der Waals surface area (Å²) in [4.78, 5) is 40.3. The normalized spacial score (nSPS) is 16.0. The minimum Gasteiger partial charge on any atom is -0.493 e. The highest BCUT2D eigenvalue weighted by Gasteiger charge is 2.30. The van der Waals surface area contributed by atoms with Gasteiger partial charge in [0.25, 0.3) is 0 Å². The molecule has 1 aromatic heterocycles. The molecule has 2 aliphatic rings. The second-order valence-electron chi connectivity index (χ2n) is 9.67. The minimum absolute atomic E-state index is 0.0142. The molecule has 1 aromatic carbocycles. The van der Waals surface area contributed by atoms with E-state index < -0.39 is 0 Å². The van der Waals surface area contributed by atoms with Crippen molar-refractivity contribution in [2.24, 2.45) is 5.92 Å². The molecule has 2 fully saturated rings. The maximum absolute atomic E-state index is 12.8. The van der Waals surface area contributed by atoms with Crippen LogP contribution in [0.3, 0.4) is 0 Å². The lowest BCUT2D eigenvalue weighted by Gasteiger charge is -2.36. The Morgan fingerprint density at radius 2 is 1.76 bits per heavy atom. The third-order valence-corrected chi connectivity index (χ3v) is 8.24. The molecule has 1 aliphatic heterocycles. The molecule has 2 heterocycles. The third-order valence-electron chi connectivity index (χ3n) is 7.21. The maximum Gasteiger partial charge on any atom is 0.232 e. The summed E-state index contributed by atoms with van der Waals surface area (Å²) < 4.78 is 10.6. The molecule has 38 heavy (non-hydrogen) atoms. The smallest absolute Gasteiger partial charge is 0.232 e. The predicted molar refractivity (Wildman–Crippen MR) is 149 cm³/mol. The number of methoxy groups -OCH3 is 2. The number of likely N-dealkylation sites (N-methyl/N-ethyl adjacent to an activating group) is 1. The molecular weight excluding hydrogens is 526 g/mol. The first-order valence-corrected chi connectivity index (χ1v) is 14.4. The number of benzene rings is 1. The molecule has 0 bridgehead atoms. The summed E-state index contributed by atoms with van der Waals surface area (Å²) in [6, 6.07) is 7.52. The van der Waals surface area contributed by atoms with Crippen molar-refractivity contribution >= 4 is 41.0 Å². The number of amides is 2. The Balaban J connectivity index is 1.27. The number of carbonyl (C=O) groups excluding carboxylic acids is 2. The number of halogens is 1. The average molecular weight is 562 g/mol. The number of rotatable bonds is 10. The third kappa shape index (κ3) is 7.22. The van der Waals surface area contributed by atoms with E-state index in [1.54, 1.807) is 32.2 Å². The van der Waals surface area contributed by atoms with Gasteiger partial charge in [-0.1, -0.05) is 42.3 Å². The molecule has 0 atom stereocenters. The molecular formula is C27H36ClN5O4S. The largest absolute Gasteiger partial charge is 0.493 e. The molecule has 9 nitrogen and oxygen atoms in total. The molecule has 0 unspecified atom stereocenters. The maximum atomic E-state index is 12.8. The highest BCUT2D eigenvalue weighted by atomic mass is 35.5. The Labute approximate surface area is 233 Å². The molecule has 1 saturated heterocycles. The summed E-state index contributed by atoms with van der Waals surface area (Å²) in [6.45, 7) is 3.34. The fourth-order valence-electron chi connectivity index (χ4n) is 4.89. The van der Waals surface area contributed by atoms with Crippen molar-refractivity contribution in [3.63, 3.8) is 0 Å². The van der Waals surface area contributed by atoms with Gasteiger partial charge in [-0.2, -0.15) is 0 Å². The highest BCUT2D eigenvalue weighted by Crippen LogP contribution is 2.29. The first kappa shape index (κ1) is 28.3. The summed E-state index contributed by atoms with van der Waals surface area (Å²) in [5.74, 6) is 2.78. The van der Waals surface area contributed by atoms with Gasteiger partial charge in [-0.05, 0) is 37.0 Å². The number of piperazine rings is 1. The summed E-state index contributed by atoms with van der Waals surface area (Å²) in [7, 11) is 5.00. The Morgan fingerprint density at radius 1 is 1.05 bits per heavy atom. The van der Waals surface area contributed by atoms with Crippen LogP contribution in [0.1, 0.15) is 31.2 Å².